The van der Waals surface area contributed by atoms with E-state index in [0.717, 1.165) is 123 Å². The molecule has 0 fully saturated rings. The Bertz CT molecular complexity index is 5280. The van der Waals surface area contributed by atoms with Crippen LogP contribution in [0.15, 0.2) is 312 Å². The molecule has 0 spiro atoms. The molecule has 2 aliphatic rings. The molecule has 0 bridgehead atoms. The monoisotopic (exact) mass is 1230 g/mol. The summed E-state index contributed by atoms with van der Waals surface area (Å²) in [6, 6.07) is 108. The number of hydrogen-bond donors (Lipinski definition) is 0. The number of anilines is 6. The number of para-hydroxylation sites is 6. The van der Waals surface area contributed by atoms with Crippen molar-refractivity contribution in [1.29, 1.82) is 0 Å². The van der Waals surface area contributed by atoms with Crippen LogP contribution >= 0.6 is 0 Å². The molecule has 0 atom stereocenters. The molecule has 0 saturated heterocycles. The topological polar surface area (TPSA) is 84.3 Å². The molecular weight excluding hydrogens is 1170 g/mol. The van der Waals surface area contributed by atoms with Crippen molar-refractivity contribution >= 4 is 67.4 Å². The molecule has 2 aliphatic carbocycles. The van der Waals surface area contributed by atoms with Gasteiger partial charge in [0.1, 0.15) is 11.0 Å². The first-order valence-corrected chi connectivity index (χ1v) is 32.7. The van der Waals surface area contributed by atoms with Crippen LogP contribution in [-0.2, 0) is 10.8 Å². The van der Waals surface area contributed by atoms with Crippen molar-refractivity contribution < 1.29 is 8.83 Å². The van der Waals surface area contributed by atoms with E-state index < -0.39 is 0 Å². The van der Waals surface area contributed by atoms with Gasteiger partial charge in [-0.15, -0.1) is 0 Å². The highest BCUT2D eigenvalue weighted by atomic mass is 16.4. The SMILES string of the molecule is CC1(C)c2ccccc2-c2ccc(-c3cc4nc(-c5ccc(N(c6ccccc6)c6ccc(-c7nc8ccccc8o7)cc6)cc5)c(-c5ccc(N(c6ccccc6)c6ccc(-c7nc8ccccc8o7)cc6)cc5)nc4cc3-c3ccc4c(c3)C(C)(C)c3ccccc3-4)cc21. The molecule has 16 aromatic rings. The minimum absolute atomic E-state index is 0.199. The third kappa shape index (κ3) is 9.43. The summed E-state index contributed by atoms with van der Waals surface area (Å²) < 4.78 is 12.4. The number of nitrogens with zero attached hydrogens (tertiary/aromatic N) is 6. The maximum atomic E-state index is 6.20. The largest absolute Gasteiger partial charge is 0.436 e. The lowest BCUT2D eigenvalue weighted by Crippen LogP contribution is -2.15. The summed E-state index contributed by atoms with van der Waals surface area (Å²) in [6.07, 6.45) is 0. The van der Waals surface area contributed by atoms with Gasteiger partial charge in [0.25, 0.3) is 0 Å². The number of fused-ring (bicyclic) bond motifs is 9. The van der Waals surface area contributed by atoms with Gasteiger partial charge in [-0.3, -0.25) is 0 Å². The highest BCUT2D eigenvalue weighted by Crippen LogP contribution is 2.53. The van der Waals surface area contributed by atoms with Crippen molar-refractivity contribution in [3.05, 3.63) is 326 Å². The summed E-state index contributed by atoms with van der Waals surface area (Å²) in [5.41, 5.74) is 30.5. The van der Waals surface area contributed by atoms with Crippen LogP contribution < -0.4 is 9.80 Å². The average molecular weight is 1240 g/mol. The molecule has 96 heavy (non-hydrogen) atoms. The third-order valence-corrected chi connectivity index (χ3v) is 19.8. The Kier molecular flexibility index (Phi) is 13.1. The summed E-state index contributed by atoms with van der Waals surface area (Å²) in [6.45, 7) is 9.42. The minimum atomic E-state index is -0.199. The lowest BCUT2D eigenvalue weighted by Gasteiger charge is -2.26. The van der Waals surface area contributed by atoms with E-state index in [1.54, 1.807) is 0 Å². The smallest absolute Gasteiger partial charge is 0.227 e. The van der Waals surface area contributed by atoms with Crippen molar-refractivity contribution in [1.82, 2.24) is 19.9 Å². The molecule has 0 radical (unpaired) electrons. The molecule has 13 aromatic carbocycles. The summed E-state index contributed by atoms with van der Waals surface area (Å²) in [5.74, 6) is 1.17. The maximum absolute atomic E-state index is 6.20. The molecule has 456 valence electrons. The first kappa shape index (κ1) is 56.5. The third-order valence-electron chi connectivity index (χ3n) is 19.8. The molecule has 0 saturated carbocycles. The normalized spacial score (nSPS) is 13.2. The van der Waals surface area contributed by atoms with Gasteiger partial charge < -0.3 is 18.6 Å². The van der Waals surface area contributed by atoms with E-state index in [0.29, 0.717) is 11.8 Å². The van der Waals surface area contributed by atoms with Crippen LogP contribution in [0.5, 0.6) is 0 Å². The van der Waals surface area contributed by atoms with E-state index in [2.05, 4.69) is 292 Å². The van der Waals surface area contributed by atoms with Crippen molar-refractivity contribution in [3.8, 4) is 89.9 Å². The molecule has 0 N–H and O–H groups in total. The fourth-order valence-corrected chi connectivity index (χ4v) is 14.8. The molecule has 0 unspecified atom stereocenters. The Morgan fingerprint density at radius 1 is 0.240 bits per heavy atom. The molecule has 0 aliphatic heterocycles. The second-order valence-electron chi connectivity index (χ2n) is 26.2. The molecule has 3 heterocycles. The van der Waals surface area contributed by atoms with E-state index in [9.17, 15) is 0 Å². The highest BCUT2D eigenvalue weighted by Gasteiger charge is 2.37. The molecule has 8 nitrogen and oxygen atoms in total. The standard InChI is InChI=1S/C88H62N6O2/c1-87(2)73-25-13-11-23-67(73)69-49-39-59(51-75(69)87)71-53-79-80(54-72(71)60-40-50-70-68-24-12-14-26-74(68)88(3,4)76(70)52-60)90-84(56-33-43-64(44-34-56)94(62-21-9-6-10-22-62)66-47-37-58(38-48-66)86-92-78-28-16-18-30-82(78)96-86)83(89-79)55-31-41-63(42-32-55)93(61-19-7-5-8-20-61)65-45-35-57(36-46-65)85-91-77-27-15-17-29-81(77)95-85/h5-54H,1-4H3. The van der Waals surface area contributed by atoms with Crippen LogP contribution in [0.4, 0.5) is 34.1 Å². The van der Waals surface area contributed by atoms with Gasteiger partial charge in [-0.1, -0.05) is 185 Å². The summed E-state index contributed by atoms with van der Waals surface area (Å²) in [5, 5.41) is 0. The Morgan fingerprint density at radius 3 is 0.938 bits per heavy atom. The van der Waals surface area contributed by atoms with Gasteiger partial charge >= 0.3 is 0 Å². The Morgan fingerprint density at radius 2 is 0.552 bits per heavy atom. The molecule has 18 rings (SSSR count). The van der Waals surface area contributed by atoms with Crippen LogP contribution in [0.3, 0.4) is 0 Å². The van der Waals surface area contributed by atoms with E-state index in [4.69, 9.17) is 28.8 Å². The van der Waals surface area contributed by atoms with Crippen molar-refractivity contribution in [2.24, 2.45) is 0 Å². The second kappa shape index (κ2) is 22.2. The predicted octanol–water partition coefficient (Wildman–Crippen LogP) is 23.5. The van der Waals surface area contributed by atoms with E-state index in [1.165, 1.54) is 44.5 Å². The zero-order valence-electron chi connectivity index (χ0n) is 53.4. The fraction of sp³-hybridized carbons (Fsp3) is 0.0682. The Balaban J connectivity index is 0.794. The van der Waals surface area contributed by atoms with Crippen molar-refractivity contribution in [2.75, 3.05) is 9.80 Å². The molecule has 0 amide bonds. The van der Waals surface area contributed by atoms with Crippen molar-refractivity contribution in [3.63, 3.8) is 0 Å². The van der Waals surface area contributed by atoms with Crippen LogP contribution in [-0.4, -0.2) is 19.9 Å². The number of hydrogen-bond acceptors (Lipinski definition) is 8. The van der Waals surface area contributed by atoms with Gasteiger partial charge in [-0.25, -0.2) is 19.9 Å². The summed E-state index contributed by atoms with van der Waals surface area (Å²) in [4.78, 5) is 25.8. The zero-order chi connectivity index (χ0) is 64.2. The van der Waals surface area contributed by atoms with E-state index >= 15 is 0 Å². The predicted molar refractivity (Wildman–Crippen MR) is 392 cm³/mol. The number of aromatic nitrogens is 4. The Hall–Kier alpha value is -12.3. The Labute approximate surface area is 556 Å². The number of rotatable bonds is 12. The number of oxazole rings is 2. The van der Waals surface area contributed by atoms with Crippen LogP contribution in [0.1, 0.15) is 49.9 Å². The highest BCUT2D eigenvalue weighted by molar-refractivity contribution is 5.99. The molecule has 8 heteroatoms. The lowest BCUT2D eigenvalue weighted by atomic mass is 9.80. The van der Waals surface area contributed by atoms with E-state index in [1.807, 2.05) is 48.5 Å². The second-order valence-corrected chi connectivity index (χ2v) is 26.2. The quantitative estimate of drug-likeness (QED) is 0.120. The lowest BCUT2D eigenvalue weighted by molar-refractivity contribution is 0.619. The first-order valence-electron chi connectivity index (χ1n) is 32.7. The fourth-order valence-electron chi connectivity index (χ4n) is 14.8. The van der Waals surface area contributed by atoms with Gasteiger partial charge in [0, 0.05) is 67.2 Å². The van der Waals surface area contributed by atoms with Crippen molar-refractivity contribution in [2.45, 2.75) is 38.5 Å². The van der Waals surface area contributed by atoms with Gasteiger partial charge in [0.05, 0.1) is 22.4 Å². The van der Waals surface area contributed by atoms with Gasteiger partial charge in [0.15, 0.2) is 11.2 Å². The van der Waals surface area contributed by atoms with Crippen LogP contribution in [0.2, 0.25) is 0 Å². The molecular formula is C88H62N6O2. The van der Waals surface area contributed by atoms with Crippen LogP contribution in [0, 0.1) is 0 Å². The first-order chi connectivity index (χ1) is 47.1. The minimum Gasteiger partial charge on any atom is -0.436 e. The molecule has 3 aromatic heterocycles. The average Bonchev–Trinajstić information content (AvgIpc) is 1.62. The van der Waals surface area contributed by atoms with Gasteiger partial charge in [0.2, 0.25) is 11.8 Å². The maximum Gasteiger partial charge on any atom is 0.227 e. The van der Waals surface area contributed by atoms with E-state index in [-0.39, 0.29) is 10.8 Å². The van der Waals surface area contributed by atoms with Gasteiger partial charge in [-0.2, -0.15) is 0 Å². The van der Waals surface area contributed by atoms with Gasteiger partial charge in [-0.05, 0) is 212 Å². The zero-order valence-corrected chi connectivity index (χ0v) is 53.4. The van der Waals surface area contributed by atoms with Crippen LogP contribution in [0.25, 0.3) is 123 Å². The summed E-state index contributed by atoms with van der Waals surface area (Å²) >= 11 is 0. The summed E-state index contributed by atoms with van der Waals surface area (Å²) in [7, 11) is 0. The number of benzene rings is 13.